The molecule has 1 aromatic heterocycles. The number of phenolic OH excluding ortho intramolecular Hbond substituents is 1. The molecule has 0 saturated heterocycles. The summed E-state index contributed by atoms with van der Waals surface area (Å²) < 4.78 is 43.8. The number of amides is 1. The number of hydrogen-bond acceptors (Lipinski definition) is 3. The SMILES string of the molecule is CCCCNC(=O)Cc1c(C)n(C(=O)c2ccc(Cl)c(F)c2)c2cc(F)c(O)c(F)c12. The lowest BCUT2D eigenvalue weighted by atomic mass is 10.1. The summed E-state index contributed by atoms with van der Waals surface area (Å²) in [7, 11) is 0. The van der Waals surface area contributed by atoms with E-state index in [0.717, 1.165) is 29.5 Å². The maximum absolute atomic E-state index is 14.8. The summed E-state index contributed by atoms with van der Waals surface area (Å²) in [4.78, 5) is 25.5. The fourth-order valence-electron chi connectivity index (χ4n) is 3.42. The second-order valence-corrected chi connectivity index (χ2v) is 7.54. The quantitative estimate of drug-likeness (QED) is 0.524. The number of carbonyl (C=O) groups excluding carboxylic acids is 2. The summed E-state index contributed by atoms with van der Waals surface area (Å²) >= 11 is 5.67. The molecule has 3 rings (SSSR count). The first-order chi connectivity index (χ1) is 14.7. The second-order valence-electron chi connectivity index (χ2n) is 7.13. The molecule has 0 bridgehead atoms. The zero-order valence-electron chi connectivity index (χ0n) is 16.9. The van der Waals surface area contributed by atoms with Gasteiger partial charge in [-0.3, -0.25) is 14.2 Å². The van der Waals surface area contributed by atoms with Gasteiger partial charge in [-0.25, -0.2) is 13.2 Å². The molecule has 3 aromatic rings. The van der Waals surface area contributed by atoms with E-state index in [1.54, 1.807) is 0 Å². The zero-order valence-corrected chi connectivity index (χ0v) is 17.6. The lowest BCUT2D eigenvalue weighted by Crippen LogP contribution is -2.26. The van der Waals surface area contributed by atoms with Gasteiger partial charge in [-0.2, -0.15) is 0 Å². The van der Waals surface area contributed by atoms with Gasteiger partial charge in [0.25, 0.3) is 5.91 Å². The number of carbonyl (C=O) groups is 2. The topological polar surface area (TPSA) is 71.3 Å². The van der Waals surface area contributed by atoms with E-state index in [1.807, 2.05) is 6.92 Å². The molecule has 2 aromatic carbocycles. The van der Waals surface area contributed by atoms with Crippen LogP contribution in [-0.4, -0.2) is 28.0 Å². The Morgan fingerprint density at radius 3 is 2.52 bits per heavy atom. The third-order valence-electron chi connectivity index (χ3n) is 5.05. The molecule has 5 nitrogen and oxygen atoms in total. The number of unbranched alkanes of at least 4 members (excludes halogenated alkanes) is 1. The Hall–Kier alpha value is -3.00. The molecule has 2 N–H and O–H groups in total. The van der Waals surface area contributed by atoms with Gasteiger partial charge in [0.05, 0.1) is 17.0 Å². The van der Waals surface area contributed by atoms with Gasteiger partial charge in [-0.05, 0) is 37.1 Å². The third-order valence-corrected chi connectivity index (χ3v) is 5.35. The Morgan fingerprint density at radius 2 is 1.87 bits per heavy atom. The molecule has 0 atom stereocenters. The average molecular weight is 453 g/mol. The number of phenols is 1. The molecule has 0 spiro atoms. The minimum atomic E-state index is -1.27. The molecule has 0 unspecified atom stereocenters. The molecule has 31 heavy (non-hydrogen) atoms. The number of fused-ring (bicyclic) bond motifs is 1. The van der Waals surface area contributed by atoms with Crippen molar-refractivity contribution < 1.29 is 27.9 Å². The summed E-state index contributed by atoms with van der Waals surface area (Å²) in [6.07, 6.45) is 1.34. The first-order valence-corrected chi connectivity index (χ1v) is 10.0. The first kappa shape index (κ1) is 22.7. The number of halogens is 4. The van der Waals surface area contributed by atoms with Crippen molar-refractivity contribution in [1.29, 1.82) is 0 Å². The molecule has 0 aliphatic rings. The number of nitrogens with one attached hydrogen (secondary N) is 1. The van der Waals surface area contributed by atoms with Gasteiger partial charge < -0.3 is 10.4 Å². The van der Waals surface area contributed by atoms with Crippen molar-refractivity contribution >= 4 is 34.3 Å². The van der Waals surface area contributed by atoms with E-state index < -0.39 is 35.0 Å². The van der Waals surface area contributed by atoms with Crippen molar-refractivity contribution in [3.05, 3.63) is 63.6 Å². The van der Waals surface area contributed by atoms with Crippen LogP contribution in [0.1, 0.15) is 41.4 Å². The largest absolute Gasteiger partial charge is 0.503 e. The Balaban J connectivity index is 2.17. The summed E-state index contributed by atoms with van der Waals surface area (Å²) in [6.45, 7) is 3.85. The predicted molar refractivity (Wildman–Crippen MR) is 111 cm³/mol. The highest BCUT2D eigenvalue weighted by Gasteiger charge is 2.27. The maximum atomic E-state index is 14.8. The minimum absolute atomic E-state index is 0.102. The molecule has 0 radical (unpaired) electrons. The van der Waals surface area contributed by atoms with Crippen molar-refractivity contribution in [3.8, 4) is 5.75 Å². The van der Waals surface area contributed by atoms with Crippen LogP contribution in [0.15, 0.2) is 24.3 Å². The second kappa shape index (κ2) is 9.01. The number of hydrogen-bond donors (Lipinski definition) is 2. The van der Waals surface area contributed by atoms with Crippen LogP contribution in [-0.2, 0) is 11.2 Å². The summed E-state index contributed by atoms with van der Waals surface area (Å²) in [6, 6.07) is 4.20. The molecule has 0 aliphatic heterocycles. The highest BCUT2D eigenvalue weighted by Crippen LogP contribution is 2.35. The average Bonchev–Trinajstić information content (AvgIpc) is 2.99. The predicted octanol–water partition coefficient (Wildman–Crippen LogP) is 4.87. The maximum Gasteiger partial charge on any atom is 0.262 e. The van der Waals surface area contributed by atoms with E-state index in [1.165, 1.54) is 19.1 Å². The van der Waals surface area contributed by atoms with Crippen molar-refractivity contribution in [3.63, 3.8) is 0 Å². The van der Waals surface area contributed by atoms with Gasteiger partial charge in [0.2, 0.25) is 5.91 Å². The van der Waals surface area contributed by atoms with E-state index in [-0.39, 0.29) is 39.2 Å². The van der Waals surface area contributed by atoms with E-state index in [4.69, 9.17) is 11.6 Å². The molecular weight excluding hydrogens is 433 g/mol. The summed E-state index contributed by atoms with van der Waals surface area (Å²) in [5.41, 5.74) is 0.0150. The zero-order chi connectivity index (χ0) is 22.9. The van der Waals surface area contributed by atoms with Crippen LogP contribution in [0.3, 0.4) is 0 Å². The molecule has 0 aliphatic carbocycles. The Labute approximate surface area is 181 Å². The van der Waals surface area contributed by atoms with Gasteiger partial charge >= 0.3 is 0 Å². The fraction of sp³-hybridized carbons (Fsp3) is 0.273. The van der Waals surface area contributed by atoms with Crippen LogP contribution < -0.4 is 5.32 Å². The van der Waals surface area contributed by atoms with Crippen LogP contribution in [0.5, 0.6) is 5.75 Å². The van der Waals surface area contributed by atoms with Gasteiger partial charge in [0.1, 0.15) is 5.82 Å². The first-order valence-electron chi connectivity index (χ1n) is 9.64. The van der Waals surface area contributed by atoms with Crippen LogP contribution in [0.25, 0.3) is 10.9 Å². The lowest BCUT2D eigenvalue weighted by Gasteiger charge is -2.09. The van der Waals surface area contributed by atoms with Gasteiger partial charge in [-0.1, -0.05) is 24.9 Å². The summed E-state index contributed by atoms with van der Waals surface area (Å²) in [5, 5.41) is 12.0. The number of rotatable bonds is 6. The van der Waals surface area contributed by atoms with Crippen LogP contribution in [0.2, 0.25) is 5.02 Å². The molecular formula is C22H20ClF3N2O3. The van der Waals surface area contributed by atoms with Crippen molar-refractivity contribution in [1.82, 2.24) is 9.88 Å². The van der Waals surface area contributed by atoms with Crippen LogP contribution >= 0.6 is 11.6 Å². The fourth-order valence-corrected chi connectivity index (χ4v) is 3.54. The molecule has 0 fully saturated rings. The normalized spacial score (nSPS) is 11.2. The van der Waals surface area contributed by atoms with E-state index in [0.29, 0.717) is 6.54 Å². The van der Waals surface area contributed by atoms with Crippen molar-refractivity contribution in [2.45, 2.75) is 33.1 Å². The molecule has 1 heterocycles. The standard InChI is InChI=1S/C22H20ClF3N2O3/c1-3-4-7-27-18(29)9-13-11(2)28(17-10-16(25)21(30)20(26)19(13)17)22(31)12-5-6-14(23)15(24)8-12/h5-6,8,10,30H,3-4,7,9H2,1-2H3,(H,27,29). The van der Waals surface area contributed by atoms with E-state index in [9.17, 15) is 27.9 Å². The van der Waals surface area contributed by atoms with Crippen LogP contribution in [0, 0.1) is 24.4 Å². The third kappa shape index (κ3) is 4.25. The minimum Gasteiger partial charge on any atom is -0.503 e. The molecule has 9 heteroatoms. The number of nitrogens with zero attached hydrogens (tertiary/aromatic N) is 1. The van der Waals surface area contributed by atoms with Gasteiger partial charge in [0.15, 0.2) is 17.4 Å². The Bertz CT molecular complexity index is 1190. The summed E-state index contributed by atoms with van der Waals surface area (Å²) in [5.74, 6) is -5.75. The van der Waals surface area contributed by atoms with Gasteiger partial charge in [0, 0.05) is 29.3 Å². The van der Waals surface area contributed by atoms with Crippen molar-refractivity contribution in [2.24, 2.45) is 0 Å². The monoisotopic (exact) mass is 452 g/mol. The number of benzene rings is 2. The van der Waals surface area contributed by atoms with Gasteiger partial charge in [-0.15, -0.1) is 0 Å². The Morgan fingerprint density at radius 1 is 1.16 bits per heavy atom. The number of aromatic hydroxyl groups is 1. The van der Waals surface area contributed by atoms with Crippen molar-refractivity contribution in [2.75, 3.05) is 6.54 Å². The Kier molecular flexibility index (Phi) is 6.59. The lowest BCUT2D eigenvalue weighted by molar-refractivity contribution is -0.120. The highest BCUT2D eigenvalue weighted by atomic mass is 35.5. The molecule has 164 valence electrons. The number of aromatic nitrogens is 1. The molecule has 0 saturated carbocycles. The molecule has 1 amide bonds. The smallest absolute Gasteiger partial charge is 0.262 e. The highest BCUT2D eigenvalue weighted by molar-refractivity contribution is 6.30. The van der Waals surface area contributed by atoms with E-state index in [2.05, 4.69) is 5.32 Å². The van der Waals surface area contributed by atoms with Crippen LogP contribution in [0.4, 0.5) is 13.2 Å². The van der Waals surface area contributed by atoms with E-state index >= 15 is 0 Å².